The van der Waals surface area contributed by atoms with E-state index in [0.29, 0.717) is 11.3 Å². The summed E-state index contributed by atoms with van der Waals surface area (Å²) in [5.41, 5.74) is 1.26. The van der Waals surface area contributed by atoms with Crippen molar-refractivity contribution < 1.29 is 9.53 Å². The molecule has 3 aromatic rings. The molecule has 0 atom stereocenters. The average Bonchev–Trinajstić information content (AvgIpc) is 2.90. The SMILES string of the molecule is COc1cncc(C(=O)c2csc3ccccc23)c1. The zero-order valence-electron chi connectivity index (χ0n) is 10.3. The van der Waals surface area contributed by atoms with Crippen LogP contribution in [0.15, 0.2) is 48.1 Å². The number of pyridine rings is 1. The Morgan fingerprint density at radius 1 is 1.26 bits per heavy atom. The Hall–Kier alpha value is -2.20. The topological polar surface area (TPSA) is 39.2 Å². The van der Waals surface area contributed by atoms with E-state index in [2.05, 4.69) is 4.98 Å². The molecule has 0 amide bonds. The van der Waals surface area contributed by atoms with Crippen LogP contribution in [0.1, 0.15) is 15.9 Å². The highest BCUT2D eigenvalue weighted by Crippen LogP contribution is 2.27. The molecule has 1 aromatic carbocycles. The van der Waals surface area contributed by atoms with E-state index >= 15 is 0 Å². The molecule has 0 aliphatic heterocycles. The molecule has 2 heterocycles. The van der Waals surface area contributed by atoms with Crippen molar-refractivity contribution >= 4 is 27.2 Å². The summed E-state index contributed by atoms with van der Waals surface area (Å²) >= 11 is 1.57. The van der Waals surface area contributed by atoms with Crippen LogP contribution in [0.5, 0.6) is 5.75 Å². The number of hydrogen-bond donors (Lipinski definition) is 0. The van der Waals surface area contributed by atoms with Crippen molar-refractivity contribution in [3.63, 3.8) is 0 Å². The summed E-state index contributed by atoms with van der Waals surface area (Å²) in [5, 5.41) is 2.88. The molecule has 19 heavy (non-hydrogen) atoms. The number of carbonyl (C=O) groups excluding carboxylic acids is 1. The lowest BCUT2D eigenvalue weighted by atomic mass is 10.0. The van der Waals surface area contributed by atoms with Crippen molar-refractivity contribution in [3.05, 3.63) is 59.2 Å². The van der Waals surface area contributed by atoms with Gasteiger partial charge in [0.1, 0.15) is 5.75 Å². The number of rotatable bonds is 3. The lowest BCUT2D eigenvalue weighted by Crippen LogP contribution is -2.01. The highest BCUT2D eigenvalue weighted by atomic mass is 32.1. The van der Waals surface area contributed by atoms with Crippen molar-refractivity contribution in [2.75, 3.05) is 7.11 Å². The summed E-state index contributed by atoms with van der Waals surface area (Å²) in [4.78, 5) is 16.5. The molecule has 0 fully saturated rings. The molecule has 0 saturated carbocycles. The third-order valence-electron chi connectivity index (χ3n) is 2.94. The minimum Gasteiger partial charge on any atom is -0.495 e. The van der Waals surface area contributed by atoms with E-state index in [4.69, 9.17) is 4.74 Å². The van der Waals surface area contributed by atoms with Gasteiger partial charge < -0.3 is 4.74 Å². The Morgan fingerprint density at radius 2 is 2.11 bits per heavy atom. The number of thiophene rings is 1. The smallest absolute Gasteiger partial charge is 0.196 e. The number of nitrogens with zero attached hydrogens (tertiary/aromatic N) is 1. The number of aromatic nitrogens is 1. The van der Waals surface area contributed by atoms with Crippen LogP contribution in [0.3, 0.4) is 0 Å². The van der Waals surface area contributed by atoms with Crippen molar-refractivity contribution in [1.82, 2.24) is 4.98 Å². The van der Waals surface area contributed by atoms with E-state index in [9.17, 15) is 4.79 Å². The van der Waals surface area contributed by atoms with Gasteiger partial charge in [0.15, 0.2) is 5.78 Å². The average molecular weight is 269 g/mol. The minimum atomic E-state index is -0.0242. The van der Waals surface area contributed by atoms with E-state index in [1.165, 1.54) is 0 Å². The van der Waals surface area contributed by atoms with Crippen LogP contribution < -0.4 is 4.74 Å². The van der Waals surface area contributed by atoms with E-state index in [1.807, 2.05) is 29.6 Å². The number of methoxy groups -OCH3 is 1. The zero-order valence-corrected chi connectivity index (χ0v) is 11.1. The molecule has 4 heteroatoms. The van der Waals surface area contributed by atoms with Gasteiger partial charge >= 0.3 is 0 Å². The number of carbonyl (C=O) groups is 1. The van der Waals surface area contributed by atoms with E-state index < -0.39 is 0 Å². The molecule has 2 aromatic heterocycles. The monoisotopic (exact) mass is 269 g/mol. The van der Waals surface area contributed by atoms with Gasteiger partial charge in [0.05, 0.1) is 13.3 Å². The molecule has 0 aliphatic rings. The van der Waals surface area contributed by atoms with Crippen LogP contribution in [0, 0.1) is 0 Å². The molecule has 0 saturated heterocycles. The first kappa shape index (κ1) is 11.9. The maximum atomic E-state index is 12.5. The number of ketones is 1. The molecular formula is C15H11NO2S. The number of hydrogen-bond acceptors (Lipinski definition) is 4. The Balaban J connectivity index is 2.08. The normalized spacial score (nSPS) is 10.6. The fourth-order valence-electron chi connectivity index (χ4n) is 1.96. The maximum Gasteiger partial charge on any atom is 0.196 e. The molecule has 0 radical (unpaired) electrons. The summed E-state index contributed by atoms with van der Waals surface area (Å²) < 4.78 is 6.21. The first-order chi connectivity index (χ1) is 9.29. The fourth-order valence-corrected chi connectivity index (χ4v) is 2.90. The molecule has 3 nitrogen and oxygen atoms in total. The van der Waals surface area contributed by atoms with Gasteiger partial charge in [0.25, 0.3) is 0 Å². The highest BCUT2D eigenvalue weighted by molar-refractivity contribution is 7.17. The Kier molecular flexibility index (Phi) is 3.01. The molecule has 0 bridgehead atoms. The summed E-state index contributed by atoms with van der Waals surface area (Å²) in [7, 11) is 1.56. The number of fused-ring (bicyclic) bond motifs is 1. The van der Waals surface area contributed by atoms with Crippen LogP contribution in [0.25, 0.3) is 10.1 Å². The highest BCUT2D eigenvalue weighted by Gasteiger charge is 2.14. The van der Waals surface area contributed by atoms with Gasteiger partial charge in [-0.15, -0.1) is 11.3 Å². The lowest BCUT2D eigenvalue weighted by molar-refractivity contribution is 0.104. The number of benzene rings is 1. The predicted octanol–water partition coefficient (Wildman–Crippen LogP) is 3.54. The van der Waals surface area contributed by atoms with Crippen molar-refractivity contribution in [2.45, 2.75) is 0 Å². The first-order valence-corrected chi connectivity index (χ1v) is 6.67. The summed E-state index contributed by atoms with van der Waals surface area (Å²) in [6.07, 6.45) is 3.15. The summed E-state index contributed by atoms with van der Waals surface area (Å²) in [5.74, 6) is 0.564. The third kappa shape index (κ3) is 2.11. The van der Waals surface area contributed by atoms with Gasteiger partial charge in [-0.25, -0.2) is 0 Å². The predicted molar refractivity (Wildman–Crippen MR) is 76.0 cm³/mol. The lowest BCUT2D eigenvalue weighted by Gasteiger charge is -2.02. The van der Waals surface area contributed by atoms with Crippen LogP contribution in [0.4, 0.5) is 0 Å². The van der Waals surface area contributed by atoms with Crippen molar-refractivity contribution in [3.8, 4) is 5.75 Å². The second-order valence-electron chi connectivity index (χ2n) is 4.09. The fraction of sp³-hybridized carbons (Fsp3) is 0.0667. The largest absolute Gasteiger partial charge is 0.495 e. The minimum absolute atomic E-state index is 0.0242. The second kappa shape index (κ2) is 4.82. The summed E-state index contributed by atoms with van der Waals surface area (Å²) in [6, 6.07) is 9.60. The van der Waals surface area contributed by atoms with E-state index in [1.54, 1.807) is 36.9 Å². The Labute approximate surface area is 114 Å². The van der Waals surface area contributed by atoms with Crippen LogP contribution in [-0.2, 0) is 0 Å². The van der Waals surface area contributed by atoms with Crippen molar-refractivity contribution in [1.29, 1.82) is 0 Å². The van der Waals surface area contributed by atoms with Crippen LogP contribution in [0.2, 0.25) is 0 Å². The molecule has 0 spiro atoms. The van der Waals surface area contributed by atoms with Gasteiger partial charge in [-0.2, -0.15) is 0 Å². The molecule has 94 valence electrons. The first-order valence-electron chi connectivity index (χ1n) is 5.79. The third-order valence-corrected chi connectivity index (χ3v) is 3.90. The number of ether oxygens (including phenoxy) is 1. The molecule has 0 unspecified atom stereocenters. The molecule has 0 aliphatic carbocycles. The van der Waals surface area contributed by atoms with Gasteiger partial charge in [-0.05, 0) is 12.1 Å². The zero-order chi connectivity index (χ0) is 13.2. The van der Waals surface area contributed by atoms with Crippen LogP contribution >= 0.6 is 11.3 Å². The van der Waals surface area contributed by atoms with Gasteiger partial charge in [-0.1, -0.05) is 18.2 Å². The second-order valence-corrected chi connectivity index (χ2v) is 5.00. The van der Waals surface area contributed by atoms with E-state index in [0.717, 1.165) is 15.6 Å². The van der Waals surface area contributed by atoms with Crippen LogP contribution in [-0.4, -0.2) is 17.9 Å². The molecular weight excluding hydrogens is 258 g/mol. The quantitative estimate of drug-likeness (QED) is 0.683. The Bertz CT molecular complexity index is 748. The summed E-state index contributed by atoms with van der Waals surface area (Å²) in [6.45, 7) is 0. The van der Waals surface area contributed by atoms with Crippen molar-refractivity contribution in [2.24, 2.45) is 0 Å². The van der Waals surface area contributed by atoms with Gasteiger partial charge in [-0.3, -0.25) is 9.78 Å². The standard InChI is InChI=1S/C15H11NO2S/c1-18-11-6-10(7-16-8-11)15(17)13-9-19-14-5-3-2-4-12(13)14/h2-9H,1H3. The van der Waals surface area contributed by atoms with Gasteiger partial charge in [0, 0.05) is 32.8 Å². The Morgan fingerprint density at radius 3 is 2.95 bits per heavy atom. The molecule has 3 rings (SSSR count). The maximum absolute atomic E-state index is 12.5. The molecule has 0 N–H and O–H groups in total. The van der Waals surface area contributed by atoms with E-state index in [-0.39, 0.29) is 5.78 Å². The van der Waals surface area contributed by atoms with Gasteiger partial charge in [0.2, 0.25) is 0 Å².